The zero-order chi connectivity index (χ0) is 21.6. The molecule has 0 saturated carbocycles. The fourth-order valence-electron chi connectivity index (χ4n) is 3.94. The molecule has 1 aromatic heterocycles. The molecule has 0 radical (unpaired) electrons. The number of carbonyl (C=O) groups is 1. The van der Waals surface area contributed by atoms with Crippen LogP contribution in [0.2, 0.25) is 0 Å². The third kappa shape index (κ3) is 7.16. The van der Waals surface area contributed by atoms with Crippen molar-refractivity contribution in [3.05, 3.63) is 76.3 Å². The summed E-state index contributed by atoms with van der Waals surface area (Å²) in [6, 6.07) is 17.6. The first kappa shape index (κ1) is 27.1. The number of aryl methyl sites for hydroxylation is 1. The van der Waals surface area contributed by atoms with Crippen molar-refractivity contribution < 1.29 is 9.90 Å². The SMILES string of the molecule is Cl.Cl.Nc1nc2c(s1)CCCC2C(=O)Nc1ccc(CCNCC(O)c2ccccc2)cc1. The Balaban J connectivity index is 0.00000193. The summed E-state index contributed by atoms with van der Waals surface area (Å²) >= 11 is 1.49. The Morgan fingerprint density at radius 2 is 1.88 bits per heavy atom. The molecule has 0 aliphatic heterocycles. The van der Waals surface area contributed by atoms with E-state index in [2.05, 4.69) is 15.6 Å². The molecule has 2 unspecified atom stereocenters. The first-order valence-corrected chi connectivity index (χ1v) is 11.5. The highest BCUT2D eigenvalue weighted by Crippen LogP contribution is 2.36. The van der Waals surface area contributed by atoms with Crippen LogP contribution in [-0.4, -0.2) is 29.1 Å². The Morgan fingerprint density at radius 3 is 2.61 bits per heavy atom. The zero-order valence-corrected chi connectivity index (χ0v) is 20.6. The van der Waals surface area contributed by atoms with Crippen LogP contribution >= 0.6 is 36.2 Å². The van der Waals surface area contributed by atoms with Crippen LogP contribution in [0.4, 0.5) is 10.8 Å². The molecule has 0 spiro atoms. The van der Waals surface area contributed by atoms with E-state index in [0.29, 0.717) is 11.7 Å². The lowest BCUT2D eigenvalue weighted by Gasteiger charge is -2.20. The van der Waals surface area contributed by atoms with E-state index in [4.69, 9.17) is 5.73 Å². The van der Waals surface area contributed by atoms with Gasteiger partial charge in [0.15, 0.2) is 5.13 Å². The summed E-state index contributed by atoms with van der Waals surface area (Å²) in [5.41, 5.74) is 9.57. The molecule has 6 nitrogen and oxygen atoms in total. The van der Waals surface area contributed by atoms with Crippen molar-refractivity contribution in [2.24, 2.45) is 0 Å². The van der Waals surface area contributed by atoms with Crippen molar-refractivity contribution in [2.45, 2.75) is 37.7 Å². The van der Waals surface area contributed by atoms with Gasteiger partial charge in [-0.05, 0) is 55.5 Å². The highest BCUT2D eigenvalue weighted by molar-refractivity contribution is 7.15. The second kappa shape index (κ2) is 12.9. The molecule has 2 atom stereocenters. The molecule has 0 bridgehead atoms. The Kier molecular flexibility index (Phi) is 10.6. The molecule has 4 rings (SSSR count). The van der Waals surface area contributed by atoms with Crippen molar-refractivity contribution in [3.8, 4) is 0 Å². The number of fused-ring (bicyclic) bond motifs is 1. The maximum absolute atomic E-state index is 12.8. The number of aliphatic hydroxyl groups excluding tert-OH is 1. The number of carbonyl (C=O) groups excluding carboxylic acids is 1. The molecular weight excluding hydrogens is 479 g/mol. The monoisotopic (exact) mass is 508 g/mol. The van der Waals surface area contributed by atoms with Gasteiger partial charge in [0.25, 0.3) is 0 Å². The molecule has 1 amide bonds. The van der Waals surface area contributed by atoms with E-state index in [-0.39, 0.29) is 36.6 Å². The molecule has 1 aliphatic rings. The minimum absolute atomic E-state index is 0. The summed E-state index contributed by atoms with van der Waals surface area (Å²) in [5.74, 6) is -0.243. The highest BCUT2D eigenvalue weighted by Gasteiger charge is 2.30. The maximum Gasteiger partial charge on any atom is 0.233 e. The molecule has 178 valence electrons. The summed E-state index contributed by atoms with van der Waals surface area (Å²) in [5, 5.41) is 17.1. The number of anilines is 2. The molecule has 2 aromatic carbocycles. The van der Waals surface area contributed by atoms with Crippen molar-refractivity contribution >= 4 is 52.9 Å². The number of hydrogen-bond donors (Lipinski definition) is 4. The van der Waals surface area contributed by atoms with E-state index < -0.39 is 6.10 Å². The van der Waals surface area contributed by atoms with Gasteiger partial charge >= 0.3 is 0 Å². The first-order valence-electron chi connectivity index (χ1n) is 10.7. The molecule has 9 heteroatoms. The molecule has 33 heavy (non-hydrogen) atoms. The average Bonchev–Trinajstić information content (AvgIpc) is 3.18. The van der Waals surface area contributed by atoms with Gasteiger partial charge in [0.05, 0.1) is 17.7 Å². The van der Waals surface area contributed by atoms with Crippen LogP contribution in [0.1, 0.15) is 46.6 Å². The summed E-state index contributed by atoms with van der Waals surface area (Å²) < 4.78 is 0. The van der Waals surface area contributed by atoms with Crippen LogP contribution in [-0.2, 0) is 17.6 Å². The van der Waals surface area contributed by atoms with Crippen LogP contribution < -0.4 is 16.4 Å². The van der Waals surface area contributed by atoms with Crippen molar-refractivity contribution in [3.63, 3.8) is 0 Å². The van der Waals surface area contributed by atoms with Crippen LogP contribution in [0.25, 0.3) is 0 Å². The van der Waals surface area contributed by atoms with Crippen LogP contribution in [0.15, 0.2) is 54.6 Å². The topological polar surface area (TPSA) is 100 Å². The molecular formula is C24H30Cl2N4O2S. The van der Waals surface area contributed by atoms with Gasteiger partial charge in [-0.15, -0.1) is 36.2 Å². The van der Waals surface area contributed by atoms with E-state index in [1.54, 1.807) is 0 Å². The van der Waals surface area contributed by atoms with Gasteiger partial charge in [-0.1, -0.05) is 42.5 Å². The zero-order valence-electron chi connectivity index (χ0n) is 18.2. The molecule has 0 fully saturated rings. The molecule has 1 heterocycles. The third-order valence-electron chi connectivity index (χ3n) is 5.62. The van der Waals surface area contributed by atoms with E-state index in [1.165, 1.54) is 16.9 Å². The molecule has 1 aliphatic carbocycles. The second-order valence-corrected chi connectivity index (χ2v) is 8.99. The standard InChI is InChI=1S/C24H28N4O2S.2ClH/c25-24-28-22-19(7-4-8-21(22)31-24)23(30)27-18-11-9-16(10-12-18)13-14-26-15-20(29)17-5-2-1-3-6-17;;/h1-3,5-6,9-12,19-20,26,29H,4,7-8,13-15H2,(H2,25,28)(H,27,30);2*1H. The quantitative estimate of drug-likeness (QED) is 0.335. The summed E-state index contributed by atoms with van der Waals surface area (Å²) in [6.07, 6.45) is 3.09. The summed E-state index contributed by atoms with van der Waals surface area (Å²) in [7, 11) is 0. The lowest BCUT2D eigenvalue weighted by atomic mass is 9.90. The van der Waals surface area contributed by atoms with Crippen LogP contribution in [0, 0.1) is 0 Å². The highest BCUT2D eigenvalue weighted by atomic mass is 35.5. The van der Waals surface area contributed by atoms with Gasteiger partial charge in [0.2, 0.25) is 5.91 Å². The smallest absolute Gasteiger partial charge is 0.233 e. The number of halogens is 2. The van der Waals surface area contributed by atoms with Gasteiger partial charge in [-0.25, -0.2) is 4.98 Å². The number of amides is 1. The van der Waals surface area contributed by atoms with Crippen LogP contribution in [0.3, 0.4) is 0 Å². The van der Waals surface area contributed by atoms with Gasteiger partial charge < -0.3 is 21.5 Å². The Morgan fingerprint density at radius 1 is 1.15 bits per heavy atom. The van der Waals surface area contributed by atoms with Gasteiger partial charge in [-0.2, -0.15) is 0 Å². The number of aliphatic hydroxyl groups is 1. The van der Waals surface area contributed by atoms with E-state index in [1.807, 2.05) is 54.6 Å². The average molecular weight is 510 g/mol. The second-order valence-electron chi connectivity index (χ2n) is 7.87. The molecule has 0 saturated heterocycles. The predicted molar refractivity (Wildman–Crippen MR) is 140 cm³/mol. The molecule has 5 N–H and O–H groups in total. The number of nitrogens with two attached hydrogens (primary N) is 1. The predicted octanol–water partition coefficient (Wildman–Crippen LogP) is 4.49. The van der Waals surface area contributed by atoms with Crippen molar-refractivity contribution in [1.29, 1.82) is 0 Å². The Labute approximate surface area is 210 Å². The fourth-order valence-corrected chi connectivity index (χ4v) is 4.88. The van der Waals surface area contributed by atoms with E-state index >= 15 is 0 Å². The van der Waals surface area contributed by atoms with Crippen molar-refractivity contribution in [1.82, 2.24) is 10.3 Å². The maximum atomic E-state index is 12.8. The number of thiazole rings is 1. The largest absolute Gasteiger partial charge is 0.387 e. The summed E-state index contributed by atoms with van der Waals surface area (Å²) in [4.78, 5) is 18.3. The number of hydrogen-bond acceptors (Lipinski definition) is 6. The lowest BCUT2D eigenvalue weighted by molar-refractivity contribution is -0.117. The minimum atomic E-state index is -0.507. The number of rotatable bonds is 8. The van der Waals surface area contributed by atoms with Crippen molar-refractivity contribution in [2.75, 3.05) is 24.1 Å². The number of nitrogens with zero attached hydrogens (tertiary/aromatic N) is 1. The number of aromatic nitrogens is 1. The number of benzene rings is 2. The van der Waals surface area contributed by atoms with Gasteiger partial charge in [0, 0.05) is 17.1 Å². The van der Waals surface area contributed by atoms with Crippen LogP contribution in [0.5, 0.6) is 0 Å². The minimum Gasteiger partial charge on any atom is -0.387 e. The lowest BCUT2D eigenvalue weighted by Crippen LogP contribution is -2.24. The van der Waals surface area contributed by atoms with Gasteiger partial charge in [-0.3, -0.25) is 4.79 Å². The third-order valence-corrected chi connectivity index (χ3v) is 6.58. The van der Waals surface area contributed by atoms with E-state index in [9.17, 15) is 9.90 Å². The number of nitrogen functional groups attached to an aromatic ring is 1. The molecule has 3 aromatic rings. The Bertz CT molecular complexity index is 1020. The number of nitrogens with one attached hydrogen (secondary N) is 2. The normalized spacial score (nSPS) is 15.5. The van der Waals surface area contributed by atoms with E-state index in [0.717, 1.165) is 54.0 Å². The first-order chi connectivity index (χ1) is 15.1. The van der Waals surface area contributed by atoms with Gasteiger partial charge in [0.1, 0.15) is 0 Å². The summed E-state index contributed by atoms with van der Waals surface area (Å²) in [6.45, 7) is 1.29. The fraction of sp³-hybridized carbons (Fsp3) is 0.333. The Hall–Kier alpha value is -2.16.